The average Bonchev–Trinajstić information content (AvgIpc) is 3.03. The van der Waals surface area contributed by atoms with Crippen LogP contribution in [0.25, 0.3) is 22.3 Å². The SMILES string of the molecule is Cn1ccc2c(-c3cc(C(=O)N4CCOCC4)ccn3)ccnc21. The van der Waals surface area contributed by atoms with E-state index in [0.29, 0.717) is 31.9 Å². The fourth-order valence-electron chi connectivity index (χ4n) is 3.05. The zero-order chi connectivity index (χ0) is 16.5. The van der Waals surface area contributed by atoms with Gasteiger partial charge < -0.3 is 14.2 Å². The highest BCUT2D eigenvalue weighted by molar-refractivity contribution is 5.97. The molecule has 0 spiro atoms. The minimum absolute atomic E-state index is 0.0281. The maximum absolute atomic E-state index is 12.7. The van der Waals surface area contributed by atoms with Crippen LogP contribution in [0.2, 0.25) is 0 Å². The molecule has 0 unspecified atom stereocenters. The van der Waals surface area contributed by atoms with E-state index in [-0.39, 0.29) is 5.91 Å². The molecule has 0 N–H and O–H groups in total. The van der Waals surface area contributed by atoms with E-state index in [4.69, 9.17) is 4.74 Å². The van der Waals surface area contributed by atoms with E-state index in [0.717, 1.165) is 22.3 Å². The summed E-state index contributed by atoms with van der Waals surface area (Å²) in [6.07, 6.45) is 5.44. The highest BCUT2D eigenvalue weighted by Crippen LogP contribution is 2.27. The van der Waals surface area contributed by atoms with Crippen molar-refractivity contribution in [2.45, 2.75) is 0 Å². The van der Waals surface area contributed by atoms with E-state index >= 15 is 0 Å². The third-order valence-electron chi connectivity index (χ3n) is 4.35. The van der Waals surface area contributed by atoms with Crippen LogP contribution >= 0.6 is 0 Å². The van der Waals surface area contributed by atoms with E-state index in [1.165, 1.54) is 0 Å². The molecule has 3 aromatic rings. The van der Waals surface area contributed by atoms with E-state index in [1.54, 1.807) is 18.5 Å². The summed E-state index contributed by atoms with van der Waals surface area (Å²) >= 11 is 0. The number of ether oxygens (including phenoxy) is 1. The maximum atomic E-state index is 12.7. The van der Waals surface area contributed by atoms with Gasteiger partial charge in [0, 0.05) is 55.2 Å². The zero-order valence-corrected chi connectivity index (χ0v) is 13.5. The number of hydrogen-bond donors (Lipinski definition) is 0. The summed E-state index contributed by atoms with van der Waals surface area (Å²) in [5.41, 5.74) is 3.33. The van der Waals surface area contributed by atoms with Gasteiger partial charge in [-0.15, -0.1) is 0 Å². The molecule has 1 fully saturated rings. The fourth-order valence-corrected chi connectivity index (χ4v) is 3.05. The lowest BCUT2D eigenvalue weighted by Gasteiger charge is -2.26. The molecule has 0 radical (unpaired) electrons. The lowest BCUT2D eigenvalue weighted by atomic mass is 10.1. The molecule has 122 valence electrons. The van der Waals surface area contributed by atoms with Gasteiger partial charge in [0.25, 0.3) is 5.91 Å². The van der Waals surface area contributed by atoms with E-state index in [2.05, 4.69) is 9.97 Å². The highest BCUT2D eigenvalue weighted by Gasteiger charge is 2.19. The van der Waals surface area contributed by atoms with Crippen molar-refractivity contribution >= 4 is 16.9 Å². The molecule has 0 aliphatic carbocycles. The summed E-state index contributed by atoms with van der Waals surface area (Å²) < 4.78 is 7.29. The van der Waals surface area contributed by atoms with Crippen LogP contribution < -0.4 is 0 Å². The minimum Gasteiger partial charge on any atom is -0.378 e. The first-order chi connectivity index (χ1) is 11.7. The minimum atomic E-state index is 0.0281. The quantitative estimate of drug-likeness (QED) is 0.725. The Bertz CT molecular complexity index is 897. The molecule has 1 aliphatic rings. The van der Waals surface area contributed by atoms with Crippen LogP contribution in [0.4, 0.5) is 0 Å². The number of morpholine rings is 1. The van der Waals surface area contributed by atoms with Crippen molar-refractivity contribution in [2.24, 2.45) is 7.05 Å². The second-order valence-corrected chi connectivity index (χ2v) is 5.86. The van der Waals surface area contributed by atoms with E-state index in [1.807, 2.05) is 40.9 Å². The van der Waals surface area contributed by atoms with Gasteiger partial charge in [0.1, 0.15) is 5.65 Å². The standard InChI is InChI=1S/C18H18N4O2/c1-21-7-4-15-14(3-6-20-17(15)21)16-12-13(2-5-19-16)18(23)22-8-10-24-11-9-22/h2-7,12H,8-11H2,1H3. The van der Waals surface area contributed by atoms with Crippen LogP contribution in [0.5, 0.6) is 0 Å². The summed E-state index contributed by atoms with van der Waals surface area (Å²) in [4.78, 5) is 23.4. The molecule has 6 heteroatoms. The van der Waals surface area contributed by atoms with Crippen molar-refractivity contribution in [1.82, 2.24) is 19.4 Å². The topological polar surface area (TPSA) is 60.2 Å². The number of amides is 1. The number of aryl methyl sites for hydroxylation is 1. The lowest BCUT2D eigenvalue weighted by Crippen LogP contribution is -2.40. The molecule has 1 amide bonds. The molecule has 3 aromatic heterocycles. The normalized spacial score (nSPS) is 15.0. The van der Waals surface area contributed by atoms with Crippen LogP contribution in [0, 0.1) is 0 Å². The predicted molar refractivity (Wildman–Crippen MR) is 90.7 cm³/mol. The first-order valence-corrected chi connectivity index (χ1v) is 7.97. The Kier molecular flexibility index (Phi) is 3.74. The van der Waals surface area contributed by atoms with Crippen molar-refractivity contribution in [1.29, 1.82) is 0 Å². The molecule has 1 aliphatic heterocycles. The van der Waals surface area contributed by atoms with Gasteiger partial charge in [0.15, 0.2) is 0 Å². The molecule has 0 atom stereocenters. The monoisotopic (exact) mass is 322 g/mol. The van der Waals surface area contributed by atoms with Crippen LogP contribution in [-0.2, 0) is 11.8 Å². The number of rotatable bonds is 2. The number of fused-ring (bicyclic) bond motifs is 1. The maximum Gasteiger partial charge on any atom is 0.254 e. The van der Waals surface area contributed by atoms with Gasteiger partial charge in [-0.05, 0) is 24.3 Å². The Balaban J connectivity index is 1.73. The van der Waals surface area contributed by atoms with Gasteiger partial charge in [-0.3, -0.25) is 9.78 Å². The molecular formula is C18H18N4O2. The molecule has 24 heavy (non-hydrogen) atoms. The lowest BCUT2D eigenvalue weighted by molar-refractivity contribution is 0.0303. The third kappa shape index (κ3) is 2.55. The summed E-state index contributed by atoms with van der Waals surface area (Å²) in [5, 5.41) is 1.03. The Morgan fingerprint density at radius 1 is 1.12 bits per heavy atom. The number of carbonyl (C=O) groups is 1. The first-order valence-electron chi connectivity index (χ1n) is 7.97. The fraction of sp³-hybridized carbons (Fsp3) is 0.278. The largest absolute Gasteiger partial charge is 0.378 e. The van der Waals surface area contributed by atoms with Crippen LogP contribution in [0.15, 0.2) is 42.9 Å². The molecule has 0 bridgehead atoms. The number of aromatic nitrogens is 3. The van der Waals surface area contributed by atoms with Gasteiger partial charge >= 0.3 is 0 Å². The van der Waals surface area contributed by atoms with Gasteiger partial charge in [-0.1, -0.05) is 0 Å². The number of nitrogens with zero attached hydrogens (tertiary/aromatic N) is 4. The first kappa shape index (κ1) is 14.8. The Morgan fingerprint density at radius 2 is 1.92 bits per heavy atom. The molecule has 0 aromatic carbocycles. The zero-order valence-electron chi connectivity index (χ0n) is 13.5. The van der Waals surface area contributed by atoms with Crippen molar-refractivity contribution in [3.8, 4) is 11.3 Å². The van der Waals surface area contributed by atoms with Crippen molar-refractivity contribution in [3.63, 3.8) is 0 Å². The second-order valence-electron chi connectivity index (χ2n) is 5.86. The van der Waals surface area contributed by atoms with Gasteiger partial charge in [0.05, 0.1) is 18.9 Å². The summed E-state index contributed by atoms with van der Waals surface area (Å²) in [6.45, 7) is 2.46. The predicted octanol–water partition coefficient (Wildman–Crippen LogP) is 2.11. The van der Waals surface area contributed by atoms with Crippen molar-refractivity contribution in [3.05, 3.63) is 48.4 Å². The molecule has 6 nitrogen and oxygen atoms in total. The molecule has 0 saturated carbocycles. The number of carbonyl (C=O) groups excluding carboxylic acids is 1. The van der Waals surface area contributed by atoms with Crippen LogP contribution in [0.3, 0.4) is 0 Å². The Labute approximate surface area is 139 Å². The van der Waals surface area contributed by atoms with Crippen molar-refractivity contribution < 1.29 is 9.53 Å². The third-order valence-corrected chi connectivity index (χ3v) is 4.35. The van der Waals surface area contributed by atoms with E-state index in [9.17, 15) is 4.79 Å². The van der Waals surface area contributed by atoms with Gasteiger partial charge in [-0.2, -0.15) is 0 Å². The molecule has 1 saturated heterocycles. The highest BCUT2D eigenvalue weighted by atomic mass is 16.5. The second kappa shape index (κ2) is 6.05. The summed E-state index contributed by atoms with van der Waals surface area (Å²) in [6, 6.07) is 7.59. The smallest absolute Gasteiger partial charge is 0.254 e. The summed E-state index contributed by atoms with van der Waals surface area (Å²) in [5.74, 6) is 0.0281. The summed E-state index contributed by atoms with van der Waals surface area (Å²) in [7, 11) is 1.96. The van der Waals surface area contributed by atoms with E-state index < -0.39 is 0 Å². The van der Waals surface area contributed by atoms with Gasteiger partial charge in [-0.25, -0.2) is 4.98 Å². The molecule has 4 heterocycles. The van der Waals surface area contributed by atoms with Crippen LogP contribution in [-0.4, -0.2) is 51.6 Å². The molecular weight excluding hydrogens is 304 g/mol. The Morgan fingerprint density at radius 3 is 2.75 bits per heavy atom. The average molecular weight is 322 g/mol. The number of pyridine rings is 2. The van der Waals surface area contributed by atoms with Gasteiger partial charge in [0.2, 0.25) is 0 Å². The van der Waals surface area contributed by atoms with Crippen molar-refractivity contribution in [2.75, 3.05) is 26.3 Å². The Hall–Kier alpha value is -2.73. The number of hydrogen-bond acceptors (Lipinski definition) is 4. The molecule has 4 rings (SSSR count). The van der Waals surface area contributed by atoms with Crippen LogP contribution in [0.1, 0.15) is 10.4 Å².